The predicted octanol–water partition coefficient (Wildman–Crippen LogP) is 3.96. The lowest BCUT2D eigenvalue weighted by Gasteiger charge is -2.44. The molecule has 2 aliphatic rings. The van der Waals surface area contributed by atoms with E-state index in [-0.39, 0.29) is 5.91 Å². The Morgan fingerprint density at radius 1 is 1.13 bits per heavy atom. The van der Waals surface area contributed by atoms with E-state index in [1.165, 1.54) is 5.69 Å². The molecule has 0 atom stereocenters. The molecule has 0 unspecified atom stereocenters. The molecule has 2 heterocycles. The van der Waals surface area contributed by atoms with Gasteiger partial charge in [0.1, 0.15) is 0 Å². The van der Waals surface area contributed by atoms with Gasteiger partial charge >= 0.3 is 0 Å². The molecule has 1 aliphatic carbocycles. The topological polar surface area (TPSA) is 48.5 Å². The molecule has 1 saturated carbocycles. The first-order chi connectivity index (χ1) is 14.5. The highest BCUT2D eigenvalue weighted by molar-refractivity contribution is 6.04. The molecule has 5 rings (SSSR count). The van der Waals surface area contributed by atoms with Crippen molar-refractivity contribution in [3.8, 4) is 0 Å². The van der Waals surface area contributed by atoms with Crippen molar-refractivity contribution in [1.29, 1.82) is 0 Å². The second-order valence-electron chi connectivity index (χ2n) is 8.93. The summed E-state index contributed by atoms with van der Waals surface area (Å²) < 4.78 is 0. The minimum absolute atomic E-state index is 0.0916. The van der Waals surface area contributed by atoms with E-state index in [1.54, 1.807) is 0 Å². The molecule has 30 heavy (non-hydrogen) atoms. The Hall–Kier alpha value is -2.92. The number of nitrogens with zero attached hydrogens (tertiary/aromatic N) is 3. The summed E-state index contributed by atoms with van der Waals surface area (Å²) in [5.74, 6) is 0.0916. The summed E-state index contributed by atoms with van der Waals surface area (Å²) >= 11 is 0. The van der Waals surface area contributed by atoms with Crippen molar-refractivity contribution in [3.05, 3.63) is 65.9 Å². The average molecular weight is 401 g/mol. The number of hydrogen-bond acceptors (Lipinski definition) is 4. The van der Waals surface area contributed by atoms with Crippen molar-refractivity contribution < 1.29 is 4.79 Å². The van der Waals surface area contributed by atoms with Crippen LogP contribution < -0.4 is 10.2 Å². The fourth-order valence-corrected chi connectivity index (χ4v) is 4.43. The van der Waals surface area contributed by atoms with Crippen molar-refractivity contribution in [2.45, 2.75) is 31.2 Å². The Balaban J connectivity index is 1.40. The Kier molecular flexibility index (Phi) is 4.51. The number of benzene rings is 2. The van der Waals surface area contributed by atoms with Crippen LogP contribution in [0.4, 0.5) is 11.4 Å². The molecule has 154 valence electrons. The highest BCUT2D eigenvalue weighted by Crippen LogP contribution is 2.51. The molecule has 2 aromatic carbocycles. The number of hydrogen-bond donors (Lipinski definition) is 1. The van der Waals surface area contributed by atoms with Crippen LogP contribution in [0.5, 0.6) is 0 Å². The first-order valence-electron chi connectivity index (χ1n) is 10.7. The minimum Gasteiger partial charge on any atom is -0.368 e. The van der Waals surface area contributed by atoms with Crippen LogP contribution in [-0.4, -0.2) is 49.0 Å². The molecule has 0 radical (unpaired) electrons. The highest BCUT2D eigenvalue weighted by atomic mass is 16.2. The lowest BCUT2D eigenvalue weighted by atomic mass is 9.91. The van der Waals surface area contributed by atoms with E-state index in [4.69, 9.17) is 0 Å². The molecule has 1 aliphatic heterocycles. The van der Waals surface area contributed by atoms with Gasteiger partial charge in [-0.15, -0.1) is 0 Å². The number of aromatic nitrogens is 1. The number of aryl methyl sites for hydroxylation is 1. The van der Waals surface area contributed by atoms with E-state index >= 15 is 0 Å². The smallest absolute Gasteiger partial charge is 0.235 e. The molecule has 1 saturated heterocycles. The lowest BCUT2D eigenvalue weighted by Crippen LogP contribution is -2.57. The molecule has 1 N–H and O–H groups in total. The first-order valence-corrected chi connectivity index (χ1v) is 10.7. The largest absolute Gasteiger partial charge is 0.368 e. The van der Waals surface area contributed by atoms with Crippen LogP contribution in [-0.2, 0) is 10.2 Å². The van der Waals surface area contributed by atoms with Crippen molar-refractivity contribution in [1.82, 2.24) is 9.88 Å². The first kappa shape index (κ1) is 19.1. The fourth-order valence-electron chi connectivity index (χ4n) is 4.43. The molecule has 5 nitrogen and oxygen atoms in total. The Morgan fingerprint density at radius 2 is 1.90 bits per heavy atom. The van der Waals surface area contributed by atoms with E-state index in [0.29, 0.717) is 6.04 Å². The summed E-state index contributed by atoms with van der Waals surface area (Å²) in [4.78, 5) is 22.5. The molecule has 0 spiro atoms. The van der Waals surface area contributed by atoms with Crippen molar-refractivity contribution in [2.75, 3.05) is 37.4 Å². The zero-order chi connectivity index (χ0) is 20.9. The molecule has 5 heteroatoms. The second kappa shape index (κ2) is 7.10. The quantitative estimate of drug-likeness (QED) is 0.704. The van der Waals surface area contributed by atoms with Crippen LogP contribution in [0.3, 0.4) is 0 Å². The monoisotopic (exact) mass is 400 g/mol. The SMILES string of the molecule is Cc1ccc(N2CC(N(C)C)C2)cc1NC(=O)C1(c2ccnc3ccccc23)CC1. The van der Waals surface area contributed by atoms with Gasteiger partial charge in [0, 0.05) is 42.1 Å². The highest BCUT2D eigenvalue weighted by Gasteiger charge is 2.52. The van der Waals surface area contributed by atoms with Gasteiger partial charge in [-0.2, -0.15) is 0 Å². The van der Waals surface area contributed by atoms with Crippen molar-refractivity contribution in [3.63, 3.8) is 0 Å². The van der Waals surface area contributed by atoms with Crippen LogP contribution in [0, 0.1) is 6.92 Å². The normalized spacial score (nSPS) is 17.8. The fraction of sp³-hybridized carbons (Fsp3) is 0.360. The van der Waals surface area contributed by atoms with Gasteiger partial charge in [0.2, 0.25) is 5.91 Å². The van der Waals surface area contributed by atoms with Crippen LogP contribution in [0.25, 0.3) is 10.9 Å². The zero-order valence-corrected chi connectivity index (χ0v) is 17.9. The van der Waals surface area contributed by atoms with Crippen LogP contribution in [0.15, 0.2) is 54.7 Å². The van der Waals surface area contributed by atoms with Crippen LogP contribution in [0.2, 0.25) is 0 Å². The summed E-state index contributed by atoms with van der Waals surface area (Å²) in [5, 5.41) is 4.33. The average Bonchev–Trinajstić information content (AvgIpc) is 3.50. The summed E-state index contributed by atoms with van der Waals surface area (Å²) in [6.07, 6.45) is 3.58. The number of fused-ring (bicyclic) bond motifs is 1. The van der Waals surface area contributed by atoms with Gasteiger partial charge < -0.3 is 15.1 Å². The number of pyridine rings is 1. The van der Waals surface area contributed by atoms with Crippen molar-refractivity contribution in [2.24, 2.45) is 0 Å². The predicted molar refractivity (Wildman–Crippen MR) is 122 cm³/mol. The van der Waals surface area contributed by atoms with Gasteiger partial charge in [0.25, 0.3) is 0 Å². The number of carbonyl (C=O) groups excluding carboxylic acids is 1. The van der Waals surface area contributed by atoms with Gasteiger partial charge in [-0.05, 0) is 69.3 Å². The molecule has 2 fully saturated rings. The van der Waals surface area contributed by atoms with Crippen molar-refractivity contribution >= 4 is 28.2 Å². The summed E-state index contributed by atoms with van der Waals surface area (Å²) in [6, 6.07) is 17.1. The molecule has 0 bridgehead atoms. The minimum atomic E-state index is -0.447. The van der Waals surface area contributed by atoms with Crippen LogP contribution >= 0.6 is 0 Å². The number of anilines is 2. The number of carbonyl (C=O) groups is 1. The Bertz CT molecular complexity index is 1110. The van der Waals surface area contributed by atoms with E-state index < -0.39 is 5.41 Å². The van der Waals surface area contributed by atoms with E-state index in [2.05, 4.69) is 65.4 Å². The van der Waals surface area contributed by atoms with Gasteiger partial charge in [-0.25, -0.2) is 0 Å². The Morgan fingerprint density at radius 3 is 2.63 bits per heavy atom. The van der Waals surface area contributed by atoms with Gasteiger partial charge in [-0.1, -0.05) is 24.3 Å². The molecule has 1 amide bonds. The maximum atomic E-state index is 13.4. The third-order valence-corrected chi connectivity index (χ3v) is 6.78. The number of likely N-dealkylation sites (N-methyl/N-ethyl adjacent to an activating group) is 1. The maximum Gasteiger partial charge on any atom is 0.235 e. The lowest BCUT2D eigenvalue weighted by molar-refractivity contribution is -0.118. The molecule has 1 aromatic heterocycles. The summed E-state index contributed by atoms with van der Waals surface area (Å²) in [5.41, 5.74) is 4.77. The number of amides is 1. The maximum absolute atomic E-state index is 13.4. The van der Waals surface area contributed by atoms with E-state index in [9.17, 15) is 4.79 Å². The third-order valence-electron chi connectivity index (χ3n) is 6.78. The zero-order valence-electron chi connectivity index (χ0n) is 17.9. The summed E-state index contributed by atoms with van der Waals surface area (Å²) in [7, 11) is 4.25. The second-order valence-corrected chi connectivity index (χ2v) is 8.93. The van der Waals surface area contributed by atoms with Crippen LogP contribution in [0.1, 0.15) is 24.0 Å². The van der Waals surface area contributed by atoms with Gasteiger partial charge in [0.05, 0.1) is 10.9 Å². The van der Waals surface area contributed by atoms with E-state index in [1.807, 2.05) is 30.5 Å². The number of nitrogens with one attached hydrogen (secondary N) is 1. The van der Waals surface area contributed by atoms with Gasteiger partial charge in [0.15, 0.2) is 0 Å². The number of rotatable bonds is 5. The standard InChI is InChI=1S/C25H28N4O/c1-17-8-9-18(29-15-19(16-29)28(2)3)14-23(17)27-24(30)25(11-12-25)21-10-13-26-22-7-5-4-6-20(21)22/h4-10,13-14,19H,11-12,15-16H2,1-3H3,(H,27,30). The molecular weight excluding hydrogens is 372 g/mol. The van der Waals surface area contributed by atoms with Gasteiger partial charge in [-0.3, -0.25) is 9.78 Å². The Labute approximate surface area is 177 Å². The van der Waals surface area contributed by atoms with E-state index in [0.717, 1.165) is 53.6 Å². The third kappa shape index (κ3) is 3.14. The molecule has 3 aromatic rings. The summed E-state index contributed by atoms with van der Waals surface area (Å²) in [6.45, 7) is 4.10. The molecular formula is C25H28N4O. The number of para-hydroxylation sites is 1.